The Kier molecular flexibility index (Phi) is 2.34. The molecule has 7 heteroatoms. The number of anilines is 1. The summed E-state index contributed by atoms with van der Waals surface area (Å²) < 4.78 is 25.9. The molecule has 3 rings (SSSR count). The van der Waals surface area contributed by atoms with Crippen molar-refractivity contribution in [2.75, 3.05) is 11.5 Å². The number of aryl methyl sites for hydroxylation is 1. The molecule has 1 aliphatic rings. The van der Waals surface area contributed by atoms with Crippen molar-refractivity contribution in [3.63, 3.8) is 0 Å². The number of nitrogens with zero attached hydrogens (tertiary/aromatic N) is 3. The van der Waals surface area contributed by atoms with Crippen molar-refractivity contribution in [3.8, 4) is 0 Å². The second-order valence-electron chi connectivity index (χ2n) is 4.65. The first-order valence-corrected chi connectivity index (χ1v) is 7.49. The monoisotopic (exact) mass is 266 g/mol. The molecule has 0 aliphatic carbocycles. The highest BCUT2D eigenvalue weighted by Crippen LogP contribution is 2.37. The second kappa shape index (κ2) is 3.68. The van der Waals surface area contributed by atoms with Gasteiger partial charge >= 0.3 is 0 Å². The summed E-state index contributed by atoms with van der Waals surface area (Å²) in [5.74, 6) is 0.548. The Morgan fingerprint density at radius 2 is 2.28 bits per heavy atom. The number of aromatic nitrogens is 3. The Morgan fingerprint density at radius 1 is 1.50 bits per heavy atom. The lowest BCUT2D eigenvalue weighted by Crippen LogP contribution is -2.12. The number of hydrogen-bond donors (Lipinski definition) is 1. The normalized spacial score (nSPS) is 22.6. The average molecular weight is 266 g/mol. The molecule has 18 heavy (non-hydrogen) atoms. The van der Waals surface area contributed by atoms with Gasteiger partial charge in [-0.2, -0.15) is 0 Å². The molecule has 2 N–H and O–H groups in total. The van der Waals surface area contributed by atoms with E-state index >= 15 is 0 Å². The first-order valence-electron chi connectivity index (χ1n) is 5.78. The van der Waals surface area contributed by atoms with Crippen LogP contribution in [0.3, 0.4) is 0 Å². The van der Waals surface area contributed by atoms with Gasteiger partial charge in [-0.05, 0) is 12.8 Å². The van der Waals surface area contributed by atoms with E-state index in [4.69, 9.17) is 5.73 Å². The largest absolute Gasteiger partial charge is 0.384 e. The van der Waals surface area contributed by atoms with Gasteiger partial charge in [0.1, 0.15) is 11.1 Å². The molecule has 3 heterocycles. The third-order valence-electron chi connectivity index (χ3n) is 3.38. The highest BCUT2D eigenvalue weighted by atomic mass is 32.2. The fraction of sp³-hybridized carbons (Fsp3) is 0.455. The molecule has 0 amide bonds. The van der Waals surface area contributed by atoms with Gasteiger partial charge in [0, 0.05) is 13.1 Å². The van der Waals surface area contributed by atoms with E-state index in [1.807, 2.05) is 7.05 Å². The summed E-state index contributed by atoms with van der Waals surface area (Å²) in [5.41, 5.74) is 7.74. The Balaban J connectivity index is 2.31. The fourth-order valence-corrected chi connectivity index (χ4v) is 4.44. The lowest BCUT2D eigenvalue weighted by atomic mass is 10.1. The van der Waals surface area contributed by atoms with Crippen molar-refractivity contribution >= 4 is 26.7 Å². The smallest absolute Gasteiger partial charge is 0.158 e. The summed E-state index contributed by atoms with van der Waals surface area (Å²) in [6, 6.07) is 1.67. The van der Waals surface area contributed by atoms with Crippen LogP contribution >= 0.6 is 0 Å². The van der Waals surface area contributed by atoms with Crippen LogP contribution in [-0.2, 0) is 16.9 Å². The van der Waals surface area contributed by atoms with Gasteiger partial charge < -0.3 is 10.3 Å². The Hall–Kier alpha value is -1.63. The van der Waals surface area contributed by atoms with Crippen molar-refractivity contribution in [1.29, 1.82) is 0 Å². The number of nitrogen functional groups attached to an aromatic ring is 1. The molecule has 0 radical (unpaired) electrons. The molecule has 2 aromatic heterocycles. The number of nitrogens with two attached hydrogens (primary N) is 1. The molecule has 1 atom stereocenters. The molecule has 96 valence electrons. The number of fused-ring (bicyclic) bond motifs is 1. The van der Waals surface area contributed by atoms with Crippen LogP contribution in [0.5, 0.6) is 0 Å². The van der Waals surface area contributed by atoms with Crippen LogP contribution in [-0.4, -0.2) is 28.7 Å². The summed E-state index contributed by atoms with van der Waals surface area (Å²) in [6.45, 7) is 0. The molecular weight excluding hydrogens is 252 g/mol. The number of pyridine rings is 1. The SMILES string of the molecule is Cn1cnc2cc(N)nc(C3CCCS3(=O)=O)c21. The van der Waals surface area contributed by atoms with Gasteiger partial charge in [-0.25, -0.2) is 18.4 Å². The molecule has 1 aliphatic heterocycles. The summed E-state index contributed by atoms with van der Waals surface area (Å²) in [5, 5.41) is -0.543. The van der Waals surface area contributed by atoms with E-state index < -0.39 is 15.1 Å². The van der Waals surface area contributed by atoms with E-state index in [1.54, 1.807) is 17.0 Å². The Morgan fingerprint density at radius 3 is 2.94 bits per heavy atom. The maximum absolute atomic E-state index is 12.0. The maximum Gasteiger partial charge on any atom is 0.158 e. The summed E-state index contributed by atoms with van der Waals surface area (Å²) in [4.78, 5) is 8.46. The minimum Gasteiger partial charge on any atom is -0.384 e. The predicted molar refractivity (Wildman–Crippen MR) is 68.7 cm³/mol. The van der Waals surface area contributed by atoms with Crippen LogP contribution in [0.2, 0.25) is 0 Å². The summed E-state index contributed by atoms with van der Waals surface area (Å²) in [6.07, 6.45) is 2.94. The molecule has 1 saturated heterocycles. The standard InChI is InChI=1S/C11H14N4O2S/c1-15-6-13-7-5-9(12)14-10(11(7)15)8-3-2-4-18(8,16)17/h5-6,8H,2-4H2,1H3,(H2,12,14). The van der Waals surface area contributed by atoms with Crippen LogP contribution in [0.25, 0.3) is 11.0 Å². The second-order valence-corrected chi connectivity index (χ2v) is 6.96. The summed E-state index contributed by atoms with van der Waals surface area (Å²) in [7, 11) is -1.27. The van der Waals surface area contributed by atoms with Crippen LogP contribution in [0.1, 0.15) is 23.8 Å². The zero-order valence-corrected chi connectivity index (χ0v) is 10.8. The molecule has 2 aromatic rings. The molecule has 1 unspecified atom stereocenters. The molecule has 0 saturated carbocycles. The van der Waals surface area contributed by atoms with Gasteiger partial charge in [0.25, 0.3) is 0 Å². The fourth-order valence-electron chi connectivity index (χ4n) is 2.55. The molecule has 0 bridgehead atoms. The highest BCUT2D eigenvalue weighted by Gasteiger charge is 2.35. The topological polar surface area (TPSA) is 90.9 Å². The van der Waals surface area contributed by atoms with Gasteiger partial charge in [0.2, 0.25) is 0 Å². The van der Waals surface area contributed by atoms with Crippen molar-refractivity contribution in [3.05, 3.63) is 18.1 Å². The number of sulfone groups is 1. The Labute approximate surface area is 105 Å². The van der Waals surface area contributed by atoms with Gasteiger partial charge in [0.15, 0.2) is 9.84 Å². The molecule has 6 nitrogen and oxygen atoms in total. The van der Waals surface area contributed by atoms with Crippen molar-refractivity contribution < 1.29 is 8.42 Å². The van der Waals surface area contributed by atoms with E-state index in [2.05, 4.69) is 9.97 Å². The Bertz CT molecular complexity index is 720. The van der Waals surface area contributed by atoms with Crippen molar-refractivity contribution in [2.24, 2.45) is 7.05 Å². The zero-order chi connectivity index (χ0) is 12.9. The number of imidazole rings is 1. The zero-order valence-electron chi connectivity index (χ0n) is 10.00. The van der Waals surface area contributed by atoms with E-state index in [0.29, 0.717) is 29.9 Å². The average Bonchev–Trinajstić information content (AvgIpc) is 2.81. The highest BCUT2D eigenvalue weighted by molar-refractivity contribution is 7.91. The van der Waals surface area contributed by atoms with Gasteiger partial charge in [0.05, 0.1) is 28.8 Å². The number of rotatable bonds is 1. The van der Waals surface area contributed by atoms with E-state index in [0.717, 1.165) is 5.52 Å². The minimum atomic E-state index is -3.10. The van der Waals surface area contributed by atoms with Crippen LogP contribution in [0, 0.1) is 0 Å². The van der Waals surface area contributed by atoms with Crippen LogP contribution in [0.15, 0.2) is 12.4 Å². The van der Waals surface area contributed by atoms with Gasteiger partial charge in [-0.3, -0.25) is 0 Å². The van der Waals surface area contributed by atoms with Crippen molar-refractivity contribution in [2.45, 2.75) is 18.1 Å². The van der Waals surface area contributed by atoms with E-state index in [1.165, 1.54) is 0 Å². The minimum absolute atomic E-state index is 0.230. The number of hydrogen-bond acceptors (Lipinski definition) is 5. The molecule has 0 aromatic carbocycles. The third kappa shape index (κ3) is 1.58. The third-order valence-corrected chi connectivity index (χ3v) is 5.56. The van der Waals surface area contributed by atoms with E-state index in [9.17, 15) is 8.42 Å². The molecular formula is C11H14N4O2S. The predicted octanol–water partition coefficient (Wildman–Crippen LogP) is 0.800. The lowest BCUT2D eigenvalue weighted by Gasteiger charge is -2.11. The van der Waals surface area contributed by atoms with Crippen LogP contribution in [0.4, 0.5) is 5.82 Å². The molecule has 1 fully saturated rings. The summed E-state index contributed by atoms with van der Waals surface area (Å²) >= 11 is 0. The maximum atomic E-state index is 12.0. The quantitative estimate of drug-likeness (QED) is 0.824. The lowest BCUT2D eigenvalue weighted by molar-refractivity contribution is 0.591. The van der Waals surface area contributed by atoms with Gasteiger partial charge in [-0.1, -0.05) is 0 Å². The van der Waals surface area contributed by atoms with Crippen molar-refractivity contribution in [1.82, 2.24) is 14.5 Å². The first-order chi connectivity index (χ1) is 8.49. The van der Waals surface area contributed by atoms with Gasteiger partial charge in [-0.15, -0.1) is 0 Å². The first kappa shape index (κ1) is 11.5. The van der Waals surface area contributed by atoms with E-state index in [-0.39, 0.29) is 5.75 Å². The van der Waals surface area contributed by atoms with Crippen LogP contribution < -0.4 is 5.73 Å². The molecule has 0 spiro atoms.